The molecule has 30 heavy (non-hydrogen) atoms. The van der Waals surface area contributed by atoms with Crippen molar-refractivity contribution in [1.82, 2.24) is 0 Å². The van der Waals surface area contributed by atoms with E-state index in [0.29, 0.717) is 17.3 Å². The molecule has 3 nitrogen and oxygen atoms in total. The summed E-state index contributed by atoms with van der Waals surface area (Å²) >= 11 is 0. The number of fused-ring (bicyclic) bond motifs is 2. The highest BCUT2D eigenvalue weighted by Crippen LogP contribution is 2.60. The number of aliphatic hydroxyl groups is 2. The number of hydrogen-bond donors (Lipinski definition) is 2. The van der Waals surface area contributed by atoms with Crippen LogP contribution in [0.2, 0.25) is 0 Å². The van der Waals surface area contributed by atoms with E-state index in [0.717, 1.165) is 43.8 Å². The van der Waals surface area contributed by atoms with E-state index in [1.807, 2.05) is 20.1 Å². The maximum absolute atomic E-state index is 10.1. The Labute approximate surface area is 183 Å². The molecule has 3 aliphatic rings. The summed E-state index contributed by atoms with van der Waals surface area (Å²) in [6.45, 7) is 8.85. The minimum absolute atomic E-state index is 0.218. The lowest BCUT2D eigenvalue weighted by atomic mass is 9.60. The lowest BCUT2D eigenvalue weighted by molar-refractivity contribution is 0.0597. The van der Waals surface area contributed by atoms with Crippen molar-refractivity contribution in [2.45, 2.75) is 110 Å². The Morgan fingerprint density at radius 3 is 2.83 bits per heavy atom. The molecule has 0 bridgehead atoms. The number of rotatable bonds is 6. The Morgan fingerprint density at radius 2 is 2.07 bits per heavy atom. The van der Waals surface area contributed by atoms with Gasteiger partial charge in [-0.25, -0.2) is 0 Å². The molecule has 168 valence electrons. The molecule has 1 heterocycles. The molecule has 0 aromatic carbocycles. The maximum atomic E-state index is 10.1. The fourth-order valence-corrected chi connectivity index (χ4v) is 7.07. The highest BCUT2D eigenvalue weighted by atomic mass is 16.3. The van der Waals surface area contributed by atoms with E-state index in [-0.39, 0.29) is 6.10 Å². The molecule has 0 saturated heterocycles. The highest BCUT2D eigenvalue weighted by Gasteiger charge is 2.50. The minimum Gasteiger partial charge on any atom is -0.464 e. The van der Waals surface area contributed by atoms with Crippen molar-refractivity contribution >= 4 is 6.08 Å². The number of aryl methyl sites for hydroxylation is 1. The van der Waals surface area contributed by atoms with Gasteiger partial charge in [0.15, 0.2) is 0 Å². The fourth-order valence-electron chi connectivity index (χ4n) is 7.07. The normalized spacial score (nSPS) is 34.1. The van der Waals surface area contributed by atoms with E-state index in [2.05, 4.69) is 19.9 Å². The van der Waals surface area contributed by atoms with Crippen LogP contribution in [0.1, 0.15) is 102 Å². The molecule has 0 aliphatic heterocycles. The number of hydrogen-bond acceptors (Lipinski definition) is 3. The molecule has 3 heteroatoms. The van der Waals surface area contributed by atoms with E-state index < -0.39 is 5.60 Å². The van der Waals surface area contributed by atoms with Crippen LogP contribution in [0.4, 0.5) is 0 Å². The summed E-state index contributed by atoms with van der Waals surface area (Å²) < 4.78 is 6.00. The van der Waals surface area contributed by atoms with Gasteiger partial charge in [-0.3, -0.25) is 0 Å². The van der Waals surface area contributed by atoms with E-state index in [9.17, 15) is 10.2 Å². The van der Waals surface area contributed by atoms with Gasteiger partial charge in [0.05, 0.1) is 18.0 Å². The zero-order chi connectivity index (χ0) is 21.5. The van der Waals surface area contributed by atoms with Crippen LogP contribution in [-0.4, -0.2) is 21.9 Å². The maximum Gasteiger partial charge on any atom is 0.130 e. The minimum atomic E-state index is -0.543. The molecule has 0 radical (unpaired) electrons. The van der Waals surface area contributed by atoms with Gasteiger partial charge in [0.1, 0.15) is 5.76 Å². The molecular formula is C27H42O3. The second-order valence-electron chi connectivity index (χ2n) is 11.5. The van der Waals surface area contributed by atoms with Gasteiger partial charge in [0.2, 0.25) is 0 Å². The molecule has 2 N–H and O–H groups in total. The Hall–Kier alpha value is -1.06. The van der Waals surface area contributed by atoms with Crippen molar-refractivity contribution in [3.05, 3.63) is 28.7 Å². The average molecular weight is 415 g/mol. The zero-order valence-corrected chi connectivity index (χ0v) is 19.5. The first-order chi connectivity index (χ1) is 14.2. The van der Waals surface area contributed by atoms with Crippen molar-refractivity contribution in [2.75, 3.05) is 0 Å². The Balaban J connectivity index is 1.49. The van der Waals surface area contributed by atoms with Crippen LogP contribution in [0.15, 0.2) is 16.3 Å². The lowest BCUT2D eigenvalue weighted by Gasteiger charge is -2.44. The Morgan fingerprint density at radius 1 is 1.27 bits per heavy atom. The third-order valence-electron chi connectivity index (χ3n) is 8.69. The van der Waals surface area contributed by atoms with Crippen LogP contribution in [0, 0.1) is 23.2 Å². The Bertz CT molecular complexity index is 768. The average Bonchev–Trinajstić information content (AvgIpc) is 3.21. The van der Waals surface area contributed by atoms with Gasteiger partial charge >= 0.3 is 0 Å². The molecule has 1 aromatic rings. The predicted molar refractivity (Wildman–Crippen MR) is 122 cm³/mol. The second kappa shape index (κ2) is 8.47. The SMILES string of the molecule is C[C@H](CCCC(C)(C)O)[C@H]1CC[C@H]2/C(=C/c3occ4c3C[C@H](O)CC4)CCC[C@]12C. The van der Waals surface area contributed by atoms with E-state index >= 15 is 0 Å². The van der Waals surface area contributed by atoms with Gasteiger partial charge in [0, 0.05) is 12.0 Å². The number of aliphatic hydroxyl groups excluding tert-OH is 1. The van der Waals surface area contributed by atoms with Crippen LogP contribution in [0.25, 0.3) is 6.08 Å². The van der Waals surface area contributed by atoms with Gasteiger partial charge < -0.3 is 14.6 Å². The molecule has 4 rings (SSSR count). The quantitative estimate of drug-likeness (QED) is 0.574. The van der Waals surface area contributed by atoms with Crippen molar-refractivity contribution in [3.63, 3.8) is 0 Å². The first-order valence-corrected chi connectivity index (χ1v) is 12.4. The van der Waals surface area contributed by atoms with E-state index in [4.69, 9.17) is 4.42 Å². The molecule has 2 saturated carbocycles. The summed E-state index contributed by atoms with van der Waals surface area (Å²) in [5.41, 5.74) is 3.99. The summed E-state index contributed by atoms with van der Waals surface area (Å²) in [4.78, 5) is 0. The summed E-state index contributed by atoms with van der Waals surface area (Å²) in [5, 5.41) is 20.2. The molecule has 2 fully saturated rings. The van der Waals surface area contributed by atoms with Crippen LogP contribution < -0.4 is 0 Å². The standard InChI is InChI=1S/C27H42O3/c1-18(7-5-13-26(2,3)29)23-11-12-24-19(8-6-14-27(23,24)4)15-25-22-16-21(28)10-9-20(22)17-30-25/h15,17-18,21,23-24,28-29H,5-14,16H2,1-4H3/b19-15+/t18-,21-,23-,24+,27-/m1/s1. The molecule has 0 unspecified atom stereocenters. The monoisotopic (exact) mass is 414 g/mol. The van der Waals surface area contributed by atoms with Crippen LogP contribution in [0.5, 0.6) is 0 Å². The molecule has 3 aliphatic carbocycles. The lowest BCUT2D eigenvalue weighted by Crippen LogP contribution is -2.36. The van der Waals surface area contributed by atoms with Crippen molar-refractivity contribution in [1.29, 1.82) is 0 Å². The van der Waals surface area contributed by atoms with Gasteiger partial charge in [-0.05, 0) is 100 Å². The second-order valence-corrected chi connectivity index (χ2v) is 11.5. The first kappa shape index (κ1) is 22.1. The van der Waals surface area contributed by atoms with Gasteiger partial charge in [-0.15, -0.1) is 0 Å². The summed E-state index contributed by atoms with van der Waals surface area (Å²) in [7, 11) is 0. The smallest absolute Gasteiger partial charge is 0.130 e. The van der Waals surface area contributed by atoms with Gasteiger partial charge in [0.25, 0.3) is 0 Å². The van der Waals surface area contributed by atoms with E-state index in [1.165, 1.54) is 49.7 Å². The van der Waals surface area contributed by atoms with Crippen LogP contribution in [0.3, 0.4) is 0 Å². The molecule has 5 atom stereocenters. The predicted octanol–water partition coefficient (Wildman–Crippen LogP) is 6.31. The Kier molecular flexibility index (Phi) is 6.25. The zero-order valence-electron chi connectivity index (χ0n) is 19.5. The molecule has 0 amide bonds. The summed E-state index contributed by atoms with van der Waals surface area (Å²) in [6.07, 6.45) is 16.3. The van der Waals surface area contributed by atoms with Crippen molar-refractivity contribution in [2.24, 2.45) is 23.2 Å². The summed E-state index contributed by atoms with van der Waals surface area (Å²) in [6, 6.07) is 0. The fraction of sp³-hybridized carbons (Fsp3) is 0.778. The third kappa shape index (κ3) is 4.43. The third-order valence-corrected chi connectivity index (χ3v) is 8.69. The van der Waals surface area contributed by atoms with Crippen molar-refractivity contribution < 1.29 is 14.6 Å². The van der Waals surface area contributed by atoms with Gasteiger partial charge in [-0.2, -0.15) is 0 Å². The molecule has 1 aromatic heterocycles. The molecular weight excluding hydrogens is 372 g/mol. The molecule has 0 spiro atoms. The largest absolute Gasteiger partial charge is 0.464 e. The number of furan rings is 1. The summed E-state index contributed by atoms with van der Waals surface area (Å²) in [5.74, 6) is 3.18. The van der Waals surface area contributed by atoms with Crippen molar-refractivity contribution in [3.8, 4) is 0 Å². The number of allylic oxidation sites excluding steroid dienone is 1. The first-order valence-electron chi connectivity index (χ1n) is 12.4. The topological polar surface area (TPSA) is 53.6 Å². The highest BCUT2D eigenvalue weighted by molar-refractivity contribution is 5.55. The van der Waals surface area contributed by atoms with Gasteiger partial charge in [-0.1, -0.05) is 32.3 Å². The van der Waals surface area contributed by atoms with Crippen LogP contribution >= 0.6 is 0 Å². The van der Waals surface area contributed by atoms with Crippen LogP contribution in [-0.2, 0) is 12.8 Å². The van der Waals surface area contributed by atoms with E-state index in [1.54, 1.807) is 5.57 Å².